The fourth-order valence-electron chi connectivity index (χ4n) is 5.08. The molecular weight excluding hydrogens is 542 g/mol. The Morgan fingerprint density at radius 3 is 2.52 bits per heavy atom. The number of pyridine rings is 1. The minimum Gasteiger partial charge on any atom is -0.505 e. The van der Waals surface area contributed by atoms with Crippen LogP contribution < -0.4 is 0 Å². The standard InChI is InChI=1S/C27H26FN4O7P/c28-18-5-3-17(4-6-18)14-32-15-20-22(19-2-1-7-29-24(19)25(35)23(20)27(32)37)26(36)31-10-8-30(9-11-31)12-13-40(38)39-16-21(33)34/h1-7H,8-16H2,(H-,33,34,35,36,37)/p+1. The second-order valence-corrected chi connectivity index (χ2v) is 11.0. The van der Waals surface area contributed by atoms with E-state index in [1.807, 2.05) is 4.90 Å². The number of aromatic hydroxyl groups is 1. The van der Waals surface area contributed by atoms with Gasteiger partial charge in [0.15, 0.2) is 18.5 Å². The molecule has 0 radical (unpaired) electrons. The highest BCUT2D eigenvalue weighted by Gasteiger charge is 2.38. The number of aromatic nitrogens is 1. The SMILES string of the molecule is O=C(O)CO[P+](=O)CCN1CCN(C(=O)c2c3c(c(O)c4ncccc24)C(=O)N(Cc2ccc(F)cc2)C3)CC1. The molecule has 2 aliphatic rings. The molecule has 1 unspecified atom stereocenters. The second-order valence-electron chi connectivity index (χ2n) is 9.62. The van der Waals surface area contributed by atoms with Crippen molar-refractivity contribution in [1.29, 1.82) is 0 Å². The lowest BCUT2D eigenvalue weighted by Crippen LogP contribution is -2.49. The van der Waals surface area contributed by atoms with Gasteiger partial charge in [0.1, 0.15) is 11.3 Å². The van der Waals surface area contributed by atoms with Crippen LogP contribution in [0.5, 0.6) is 5.75 Å². The van der Waals surface area contributed by atoms with Gasteiger partial charge in [-0.1, -0.05) is 18.2 Å². The smallest absolute Gasteiger partial charge is 0.505 e. The van der Waals surface area contributed by atoms with Gasteiger partial charge in [-0.3, -0.25) is 19.5 Å². The van der Waals surface area contributed by atoms with E-state index in [2.05, 4.69) is 4.98 Å². The number of carboxylic acids is 1. The summed E-state index contributed by atoms with van der Waals surface area (Å²) in [7, 11) is -2.09. The first-order valence-electron chi connectivity index (χ1n) is 12.7. The lowest BCUT2D eigenvalue weighted by Gasteiger charge is -2.34. The number of nitrogens with zero attached hydrogens (tertiary/aromatic N) is 4. The number of phenols is 1. The summed E-state index contributed by atoms with van der Waals surface area (Å²) in [4.78, 5) is 47.4. The largest absolute Gasteiger partial charge is 0.510 e. The van der Waals surface area contributed by atoms with E-state index in [4.69, 9.17) is 9.63 Å². The van der Waals surface area contributed by atoms with Crippen LogP contribution in [0.25, 0.3) is 10.9 Å². The van der Waals surface area contributed by atoms with Gasteiger partial charge in [-0.2, -0.15) is 0 Å². The Balaban J connectivity index is 1.35. The lowest BCUT2D eigenvalue weighted by molar-refractivity contribution is -0.139. The Labute approximate surface area is 229 Å². The summed E-state index contributed by atoms with van der Waals surface area (Å²) in [5, 5.41) is 20.1. The van der Waals surface area contributed by atoms with Gasteiger partial charge in [-0.25, -0.2) is 9.18 Å². The number of fused-ring (bicyclic) bond motifs is 2. The molecule has 2 amide bonds. The maximum absolute atomic E-state index is 13.9. The number of carbonyl (C=O) groups excluding carboxylic acids is 2. The fourth-order valence-corrected chi connectivity index (χ4v) is 5.91. The first-order chi connectivity index (χ1) is 19.2. The Kier molecular flexibility index (Phi) is 8.02. The van der Waals surface area contributed by atoms with Gasteiger partial charge in [0.05, 0.1) is 11.1 Å². The van der Waals surface area contributed by atoms with Gasteiger partial charge in [-0.05, 0) is 28.3 Å². The van der Waals surface area contributed by atoms with Crippen LogP contribution in [-0.4, -0.2) is 93.2 Å². The van der Waals surface area contributed by atoms with Gasteiger partial charge in [0, 0.05) is 63.0 Å². The number of hydrogen-bond donors (Lipinski definition) is 2. The number of phenolic OH excluding ortho intramolecular Hbond substituents is 1. The number of carbonyl (C=O) groups is 3. The van der Waals surface area contributed by atoms with Crippen molar-refractivity contribution in [3.8, 4) is 5.75 Å². The molecule has 2 N–H and O–H groups in total. The van der Waals surface area contributed by atoms with E-state index in [-0.39, 0.29) is 47.8 Å². The predicted octanol–water partition coefficient (Wildman–Crippen LogP) is 2.84. The number of benzene rings is 2. The van der Waals surface area contributed by atoms with Crippen LogP contribution in [0.3, 0.4) is 0 Å². The van der Waals surface area contributed by atoms with Crippen molar-refractivity contribution in [2.24, 2.45) is 0 Å². The van der Waals surface area contributed by atoms with Crippen molar-refractivity contribution in [1.82, 2.24) is 19.7 Å². The number of hydrogen-bond acceptors (Lipinski definition) is 8. The number of aliphatic carboxylic acids is 1. The van der Waals surface area contributed by atoms with Crippen LogP contribution in [-0.2, 0) is 27.0 Å². The fraction of sp³-hybridized carbons (Fsp3) is 0.333. The highest BCUT2D eigenvalue weighted by Crippen LogP contribution is 2.40. The zero-order valence-corrected chi connectivity index (χ0v) is 22.3. The first kappa shape index (κ1) is 27.6. The Morgan fingerprint density at radius 1 is 1.10 bits per heavy atom. The predicted molar refractivity (Wildman–Crippen MR) is 142 cm³/mol. The molecule has 1 aromatic heterocycles. The monoisotopic (exact) mass is 569 g/mol. The highest BCUT2D eigenvalue weighted by molar-refractivity contribution is 7.39. The van der Waals surface area contributed by atoms with Gasteiger partial charge >= 0.3 is 14.0 Å². The average molecular weight is 570 g/mol. The van der Waals surface area contributed by atoms with Crippen LogP contribution in [0.2, 0.25) is 0 Å². The molecule has 0 bridgehead atoms. The number of halogens is 1. The molecule has 2 aliphatic heterocycles. The zero-order valence-electron chi connectivity index (χ0n) is 21.5. The molecule has 1 saturated heterocycles. The first-order valence-corrected chi connectivity index (χ1v) is 14.1. The van der Waals surface area contributed by atoms with Crippen LogP contribution in [0.4, 0.5) is 4.39 Å². The number of piperazine rings is 1. The topological polar surface area (TPSA) is 141 Å². The summed E-state index contributed by atoms with van der Waals surface area (Å²) in [6, 6.07) is 9.17. The van der Waals surface area contributed by atoms with Gasteiger partial charge < -0.3 is 20.0 Å². The molecule has 0 aliphatic carbocycles. The van der Waals surface area contributed by atoms with E-state index < -0.39 is 26.5 Å². The lowest BCUT2D eigenvalue weighted by atomic mass is 9.95. The number of amides is 2. The molecule has 3 heterocycles. The number of rotatable bonds is 9. The van der Waals surface area contributed by atoms with Crippen LogP contribution in [0.1, 0.15) is 31.8 Å². The van der Waals surface area contributed by atoms with Crippen molar-refractivity contribution in [3.05, 3.63) is 70.7 Å². The van der Waals surface area contributed by atoms with Crippen molar-refractivity contribution in [3.63, 3.8) is 0 Å². The van der Waals surface area contributed by atoms with Crippen LogP contribution in [0, 0.1) is 5.82 Å². The molecule has 3 aromatic rings. The van der Waals surface area contributed by atoms with Gasteiger partial charge in [-0.15, -0.1) is 4.52 Å². The third-order valence-electron chi connectivity index (χ3n) is 7.08. The summed E-state index contributed by atoms with van der Waals surface area (Å²) in [5.74, 6) is -2.54. The molecule has 5 rings (SSSR count). The summed E-state index contributed by atoms with van der Waals surface area (Å²) in [5.41, 5.74) is 1.70. The zero-order chi connectivity index (χ0) is 28.4. The molecule has 13 heteroatoms. The van der Waals surface area contributed by atoms with E-state index in [1.54, 1.807) is 29.2 Å². The van der Waals surface area contributed by atoms with E-state index in [9.17, 15) is 28.4 Å². The quantitative estimate of drug-likeness (QED) is 0.372. The van der Waals surface area contributed by atoms with E-state index in [0.29, 0.717) is 54.8 Å². The van der Waals surface area contributed by atoms with Crippen molar-refractivity contribution in [2.75, 3.05) is 45.5 Å². The third kappa shape index (κ3) is 5.65. The molecule has 0 saturated carbocycles. The van der Waals surface area contributed by atoms with E-state index in [0.717, 1.165) is 0 Å². The Hall–Kier alpha value is -3.99. The summed E-state index contributed by atoms with van der Waals surface area (Å²) in [6.07, 6.45) is 1.67. The Morgan fingerprint density at radius 2 is 1.82 bits per heavy atom. The maximum atomic E-state index is 13.9. The van der Waals surface area contributed by atoms with Gasteiger partial charge in [0.25, 0.3) is 11.8 Å². The summed E-state index contributed by atoms with van der Waals surface area (Å²) in [6.45, 7) is 1.91. The van der Waals surface area contributed by atoms with E-state index in [1.165, 1.54) is 23.2 Å². The van der Waals surface area contributed by atoms with Crippen LogP contribution in [0.15, 0.2) is 42.6 Å². The third-order valence-corrected chi connectivity index (χ3v) is 8.06. The molecule has 1 fully saturated rings. The minimum atomic E-state index is -2.09. The molecule has 40 heavy (non-hydrogen) atoms. The molecule has 2 aromatic carbocycles. The van der Waals surface area contributed by atoms with Crippen LogP contribution >= 0.6 is 8.03 Å². The van der Waals surface area contributed by atoms with E-state index >= 15 is 0 Å². The molecule has 1 atom stereocenters. The summed E-state index contributed by atoms with van der Waals surface area (Å²) >= 11 is 0. The molecule has 0 spiro atoms. The average Bonchev–Trinajstić information content (AvgIpc) is 3.27. The highest BCUT2D eigenvalue weighted by atomic mass is 31.1. The minimum absolute atomic E-state index is 0.0560. The van der Waals surface area contributed by atoms with Crippen molar-refractivity contribution < 1.29 is 38.1 Å². The summed E-state index contributed by atoms with van der Waals surface area (Å²) < 4.78 is 30.1. The van der Waals surface area contributed by atoms with Crippen molar-refractivity contribution in [2.45, 2.75) is 13.1 Å². The second kappa shape index (κ2) is 11.6. The maximum Gasteiger partial charge on any atom is 0.510 e. The number of carboxylic acid groups (broad SMARTS) is 1. The normalized spacial score (nSPS) is 15.9. The Bertz CT molecular complexity index is 1490. The van der Waals surface area contributed by atoms with Gasteiger partial charge in [0.2, 0.25) is 0 Å². The molecule has 11 nitrogen and oxygen atoms in total. The van der Waals surface area contributed by atoms with Crippen molar-refractivity contribution >= 4 is 36.7 Å². The molecule has 208 valence electrons. The molecular formula is C27H27FN4O7P+.